The summed E-state index contributed by atoms with van der Waals surface area (Å²) < 4.78 is 5.16. The average Bonchev–Trinajstić information content (AvgIpc) is 2.93. The number of thiophene rings is 1. The zero-order chi connectivity index (χ0) is 11.8. The lowest BCUT2D eigenvalue weighted by molar-refractivity contribution is 0.417. The van der Waals surface area contributed by atoms with E-state index in [-0.39, 0.29) is 0 Å². The first-order valence-electron chi connectivity index (χ1n) is 5.21. The average molecular weight is 245 g/mol. The van der Waals surface area contributed by atoms with Gasteiger partial charge in [-0.3, -0.25) is 0 Å². The molecule has 0 bridgehead atoms. The first-order valence-corrected chi connectivity index (χ1v) is 6.09. The normalized spacial score (nSPS) is 10.9. The molecule has 3 rings (SSSR count). The second-order valence-electron chi connectivity index (χ2n) is 3.82. The fraction of sp³-hybridized carbons (Fsp3) is 0.167. The molecule has 3 aromatic rings. The predicted octanol–water partition coefficient (Wildman–Crippen LogP) is 3.00. The minimum atomic E-state index is 0.748. The molecule has 0 aliphatic rings. The summed E-state index contributed by atoms with van der Waals surface area (Å²) in [6, 6.07) is 4.01. The Balaban J connectivity index is 2.11. The highest BCUT2D eigenvalue weighted by Gasteiger charge is 2.09. The molecule has 3 aromatic heterocycles. The molecule has 0 saturated carbocycles. The molecule has 0 aliphatic heterocycles. The van der Waals surface area contributed by atoms with Gasteiger partial charge < -0.3 is 9.72 Å². The van der Waals surface area contributed by atoms with Crippen molar-refractivity contribution in [1.82, 2.24) is 15.0 Å². The van der Waals surface area contributed by atoms with E-state index < -0.39 is 0 Å². The van der Waals surface area contributed by atoms with Crippen molar-refractivity contribution in [3.05, 3.63) is 29.3 Å². The number of aryl methyl sites for hydroxylation is 1. The van der Waals surface area contributed by atoms with Crippen LogP contribution < -0.4 is 4.74 Å². The molecule has 0 spiro atoms. The molecular weight excluding hydrogens is 234 g/mol. The van der Waals surface area contributed by atoms with Gasteiger partial charge in [0, 0.05) is 17.6 Å². The van der Waals surface area contributed by atoms with Crippen molar-refractivity contribution in [1.29, 1.82) is 0 Å². The third-order valence-corrected chi connectivity index (χ3v) is 3.43. The van der Waals surface area contributed by atoms with Crippen molar-refractivity contribution in [2.45, 2.75) is 6.92 Å². The van der Waals surface area contributed by atoms with Crippen LogP contribution in [-0.4, -0.2) is 22.1 Å². The van der Waals surface area contributed by atoms with E-state index in [4.69, 9.17) is 4.74 Å². The van der Waals surface area contributed by atoms with Crippen LogP contribution in [0.3, 0.4) is 0 Å². The maximum Gasteiger partial charge on any atom is 0.178 e. The number of aromatic amines is 1. The molecule has 0 fully saturated rings. The molecule has 3 heterocycles. The van der Waals surface area contributed by atoms with Crippen molar-refractivity contribution >= 4 is 22.5 Å². The molecule has 0 aliphatic carbocycles. The summed E-state index contributed by atoms with van der Waals surface area (Å²) in [6.45, 7) is 2.02. The van der Waals surface area contributed by atoms with Crippen LogP contribution in [0.2, 0.25) is 0 Å². The molecule has 0 aromatic carbocycles. The highest BCUT2D eigenvalue weighted by Crippen LogP contribution is 2.30. The van der Waals surface area contributed by atoms with Crippen molar-refractivity contribution in [3.8, 4) is 16.5 Å². The van der Waals surface area contributed by atoms with E-state index >= 15 is 0 Å². The summed E-state index contributed by atoms with van der Waals surface area (Å²) in [5, 5.41) is 1.96. The summed E-state index contributed by atoms with van der Waals surface area (Å²) in [5.41, 5.74) is 2.83. The third-order valence-electron chi connectivity index (χ3n) is 2.52. The smallest absolute Gasteiger partial charge is 0.178 e. The van der Waals surface area contributed by atoms with Crippen molar-refractivity contribution in [2.75, 3.05) is 7.11 Å². The number of hydrogen-bond acceptors (Lipinski definition) is 4. The summed E-state index contributed by atoms with van der Waals surface area (Å²) in [6.07, 6.45) is 1.82. The Labute approximate surface area is 102 Å². The van der Waals surface area contributed by atoms with Gasteiger partial charge in [0.05, 0.1) is 17.5 Å². The minimum Gasteiger partial charge on any atom is -0.496 e. The number of methoxy groups -OCH3 is 1. The molecule has 0 saturated heterocycles. The highest BCUT2D eigenvalue weighted by atomic mass is 32.1. The van der Waals surface area contributed by atoms with Gasteiger partial charge in [-0.05, 0) is 18.6 Å². The molecule has 5 heteroatoms. The van der Waals surface area contributed by atoms with Gasteiger partial charge in [-0.25, -0.2) is 9.97 Å². The van der Waals surface area contributed by atoms with Crippen LogP contribution in [0.4, 0.5) is 0 Å². The van der Waals surface area contributed by atoms with E-state index in [9.17, 15) is 0 Å². The lowest BCUT2D eigenvalue weighted by Gasteiger charge is -1.90. The van der Waals surface area contributed by atoms with Gasteiger partial charge in [0.25, 0.3) is 0 Å². The predicted molar refractivity (Wildman–Crippen MR) is 68.5 cm³/mol. The van der Waals surface area contributed by atoms with Gasteiger partial charge in [-0.15, -0.1) is 11.3 Å². The fourth-order valence-electron chi connectivity index (χ4n) is 1.67. The van der Waals surface area contributed by atoms with E-state index in [1.54, 1.807) is 18.4 Å². The molecule has 0 unspecified atom stereocenters. The van der Waals surface area contributed by atoms with E-state index in [2.05, 4.69) is 15.0 Å². The largest absolute Gasteiger partial charge is 0.496 e. The number of H-pyrrole nitrogens is 1. The van der Waals surface area contributed by atoms with Gasteiger partial charge in [0.15, 0.2) is 11.5 Å². The number of rotatable bonds is 2. The Morgan fingerprint density at radius 2 is 2.24 bits per heavy atom. The summed E-state index contributed by atoms with van der Waals surface area (Å²) >= 11 is 1.60. The maximum atomic E-state index is 5.16. The number of ether oxygens (including phenoxy) is 1. The quantitative estimate of drug-likeness (QED) is 0.755. The Hall–Kier alpha value is -1.88. The monoisotopic (exact) mass is 245 g/mol. The molecular formula is C12H11N3OS. The summed E-state index contributed by atoms with van der Waals surface area (Å²) in [4.78, 5) is 13.1. The lowest BCUT2D eigenvalue weighted by Crippen LogP contribution is -1.78. The van der Waals surface area contributed by atoms with Gasteiger partial charge >= 0.3 is 0 Å². The van der Waals surface area contributed by atoms with E-state index in [0.29, 0.717) is 0 Å². The molecule has 0 radical (unpaired) electrons. The van der Waals surface area contributed by atoms with Crippen LogP contribution >= 0.6 is 11.3 Å². The van der Waals surface area contributed by atoms with E-state index in [1.165, 1.54) is 0 Å². The number of pyridine rings is 1. The van der Waals surface area contributed by atoms with Crippen LogP contribution in [-0.2, 0) is 0 Å². The molecule has 1 N–H and O–H groups in total. The zero-order valence-corrected chi connectivity index (χ0v) is 10.3. The first kappa shape index (κ1) is 10.3. The minimum absolute atomic E-state index is 0.748. The second-order valence-corrected chi connectivity index (χ2v) is 4.73. The third kappa shape index (κ3) is 1.78. The van der Waals surface area contributed by atoms with Gasteiger partial charge in [-0.1, -0.05) is 0 Å². The topological polar surface area (TPSA) is 50.8 Å². The van der Waals surface area contributed by atoms with Gasteiger partial charge in [0.1, 0.15) is 5.75 Å². The molecule has 0 amide bonds. The Morgan fingerprint density at radius 1 is 1.35 bits per heavy atom. The summed E-state index contributed by atoms with van der Waals surface area (Å²) in [7, 11) is 1.66. The number of aromatic nitrogens is 3. The Morgan fingerprint density at radius 3 is 3.00 bits per heavy atom. The van der Waals surface area contributed by atoms with Crippen LogP contribution in [0.1, 0.15) is 5.56 Å². The van der Waals surface area contributed by atoms with Crippen LogP contribution in [0.25, 0.3) is 21.9 Å². The number of nitrogens with one attached hydrogen (secondary N) is 1. The molecule has 86 valence electrons. The van der Waals surface area contributed by atoms with E-state index in [1.807, 2.05) is 30.6 Å². The Bertz CT molecular complexity index is 671. The molecule has 0 atom stereocenters. The van der Waals surface area contributed by atoms with Crippen molar-refractivity contribution in [2.24, 2.45) is 0 Å². The van der Waals surface area contributed by atoms with Gasteiger partial charge in [-0.2, -0.15) is 0 Å². The first-order chi connectivity index (χ1) is 8.26. The number of fused-ring (bicyclic) bond motifs is 1. The number of nitrogens with zero attached hydrogens (tertiary/aromatic N) is 2. The molecule has 17 heavy (non-hydrogen) atoms. The van der Waals surface area contributed by atoms with Crippen LogP contribution in [0, 0.1) is 6.92 Å². The number of imidazole rings is 1. The van der Waals surface area contributed by atoms with Crippen LogP contribution in [0.15, 0.2) is 23.7 Å². The van der Waals surface area contributed by atoms with E-state index in [0.717, 1.165) is 33.2 Å². The molecule has 4 nitrogen and oxygen atoms in total. The van der Waals surface area contributed by atoms with Crippen molar-refractivity contribution < 1.29 is 4.74 Å². The standard InChI is InChI=1S/C12H11N3OS/c1-7-3-9-11(13-5-7)15-12(14-9)10-4-8(16-2)6-17-10/h3-6H,1-2H3,(H,13,14,15). The highest BCUT2D eigenvalue weighted by molar-refractivity contribution is 7.13. The maximum absolute atomic E-state index is 5.16. The SMILES string of the molecule is COc1csc(-c2nc3ncc(C)cc3[nH]2)c1. The van der Waals surface area contributed by atoms with Gasteiger partial charge in [0.2, 0.25) is 0 Å². The lowest BCUT2D eigenvalue weighted by atomic mass is 10.3. The van der Waals surface area contributed by atoms with Crippen molar-refractivity contribution in [3.63, 3.8) is 0 Å². The number of hydrogen-bond donors (Lipinski definition) is 1. The Kier molecular flexibility index (Phi) is 2.33. The zero-order valence-electron chi connectivity index (χ0n) is 9.52. The summed E-state index contributed by atoms with van der Waals surface area (Å²) in [5.74, 6) is 1.70. The fourth-order valence-corrected chi connectivity index (χ4v) is 2.47. The van der Waals surface area contributed by atoms with Crippen LogP contribution in [0.5, 0.6) is 5.75 Å². The second kappa shape index (κ2) is 3.85.